The first-order valence-electron chi connectivity index (χ1n) is 16.4. The number of hydrogen-bond acceptors (Lipinski definition) is 13. The number of esters is 1. The van der Waals surface area contributed by atoms with Crippen LogP contribution >= 0.6 is 21.6 Å². The normalized spacial score (nSPS) is 25.6. The number of aryl methyl sites for hydroxylation is 2. The lowest BCUT2D eigenvalue weighted by atomic mass is 9.86. The molecule has 3 aliphatic heterocycles. The van der Waals surface area contributed by atoms with Crippen molar-refractivity contribution < 1.29 is 28.5 Å². The third-order valence-electron chi connectivity index (χ3n) is 9.81. The van der Waals surface area contributed by atoms with Gasteiger partial charge in [-0.15, -0.1) is 0 Å². The van der Waals surface area contributed by atoms with Crippen molar-refractivity contribution in [3.05, 3.63) is 68.7 Å². The summed E-state index contributed by atoms with van der Waals surface area (Å²) < 4.78 is 24.6. The monoisotopic (exact) mass is 704 g/mol. The van der Waals surface area contributed by atoms with Crippen molar-refractivity contribution in [3.63, 3.8) is 0 Å². The average molecular weight is 705 g/mol. The fourth-order valence-electron chi connectivity index (χ4n) is 6.73. The molecule has 11 nitrogen and oxygen atoms in total. The third kappa shape index (κ3) is 6.21. The molecule has 6 heterocycles. The maximum absolute atomic E-state index is 13.8. The Hall–Kier alpha value is -3.94. The number of carbonyl (C=O) groups is 1. The van der Waals surface area contributed by atoms with Crippen LogP contribution in [0.2, 0.25) is 0 Å². The number of anilines is 2. The van der Waals surface area contributed by atoms with Crippen molar-refractivity contribution in [1.82, 2.24) is 9.97 Å². The Morgan fingerprint density at radius 3 is 2.59 bits per heavy atom. The van der Waals surface area contributed by atoms with E-state index in [1.807, 2.05) is 19.1 Å². The van der Waals surface area contributed by atoms with Gasteiger partial charge in [-0.3, -0.25) is 4.79 Å². The fraction of sp³-hybridized carbons (Fsp3) is 0.444. The summed E-state index contributed by atoms with van der Waals surface area (Å²) in [6, 6.07) is 8.91. The first-order valence-corrected chi connectivity index (χ1v) is 18.9. The number of aromatic hydroxyl groups is 1. The largest absolute Gasteiger partial charge is 0.507 e. The van der Waals surface area contributed by atoms with Crippen LogP contribution in [0.4, 0.5) is 11.6 Å². The van der Waals surface area contributed by atoms with Crippen molar-refractivity contribution in [2.45, 2.75) is 95.4 Å². The van der Waals surface area contributed by atoms with Crippen molar-refractivity contribution in [3.8, 4) is 22.8 Å². The van der Waals surface area contributed by atoms with Crippen LogP contribution in [0.5, 0.6) is 11.5 Å². The number of phenols is 1. The summed E-state index contributed by atoms with van der Waals surface area (Å²) in [5, 5.41) is 11.4. The molecule has 1 aromatic carbocycles. The number of nitrogens with two attached hydrogens (primary N) is 2. The lowest BCUT2D eigenvalue weighted by molar-refractivity contribution is -0.168. The summed E-state index contributed by atoms with van der Waals surface area (Å²) in [6.45, 7) is 9.49. The number of epoxide rings is 1. The molecule has 1 saturated heterocycles. The molecule has 4 atom stereocenters. The molecule has 49 heavy (non-hydrogen) atoms. The van der Waals surface area contributed by atoms with Gasteiger partial charge in [-0.05, 0) is 63.3 Å². The molecule has 258 valence electrons. The van der Waals surface area contributed by atoms with Gasteiger partial charge in [0, 0.05) is 58.9 Å². The van der Waals surface area contributed by atoms with Crippen molar-refractivity contribution >= 4 is 50.2 Å². The highest BCUT2D eigenvalue weighted by Gasteiger charge is 2.60. The fourth-order valence-corrected chi connectivity index (χ4v) is 9.05. The van der Waals surface area contributed by atoms with Gasteiger partial charge in [0.2, 0.25) is 0 Å². The first-order chi connectivity index (χ1) is 23.3. The van der Waals surface area contributed by atoms with Crippen molar-refractivity contribution in [2.75, 3.05) is 17.2 Å². The summed E-state index contributed by atoms with van der Waals surface area (Å²) >= 11 is 0. The number of rotatable bonds is 1. The molecule has 7 rings (SSSR count). The van der Waals surface area contributed by atoms with Gasteiger partial charge in [-0.25, -0.2) is 14.8 Å². The average Bonchev–Trinajstić information content (AvgIpc) is 3.70. The van der Waals surface area contributed by atoms with Gasteiger partial charge in [0.25, 0.3) is 0 Å². The number of phenolic OH excluding ortho intramolecular Hbond substituents is 1. The Kier molecular flexibility index (Phi) is 8.51. The molecule has 0 spiro atoms. The maximum atomic E-state index is 13.8. The van der Waals surface area contributed by atoms with Crippen LogP contribution in [0.25, 0.3) is 22.2 Å². The van der Waals surface area contributed by atoms with E-state index in [9.17, 15) is 14.7 Å². The second kappa shape index (κ2) is 12.4. The Morgan fingerprint density at radius 2 is 1.82 bits per heavy atom. The van der Waals surface area contributed by atoms with E-state index in [2.05, 4.69) is 19.9 Å². The summed E-state index contributed by atoms with van der Waals surface area (Å²) in [6.07, 6.45) is 0.692. The van der Waals surface area contributed by atoms with E-state index in [1.54, 1.807) is 41.5 Å². The Bertz CT molecular complexity index is 2050. The number of aromatic nitrogens is 2. The highest BCUT2D eigenvalue weighted by atomic mass is 33.1. The van der Waals surface area contributed by atoms with Gasteiger partial charge in [-0.1, -0.05) is 35.4 Å². The minimum atomic E-state index is -1.14. The quantitative estimate of drug-likeness (QED) is 0.116. The van der Waals surface area contributed by atoms with Crippen molar-refractivity contribution in [1.29, 1.82) is 0 Å². The van der Waals surface area contributed by atoms with Crippen LogP contribution in [0, 0.1) is 6.92 Å². The van der Waals surface area contributed by atoms with E-state index >= 15 is 0 Å². The van der Waals surface area contributed by atoms with Crippen LogP contribution in [-0.4, -0.2) is 50.2 Å². The van der Waals surface area contributed by atoms with Gasteiger partial charge in [0.15, 0.2) is 11.0 Å². The number of ether oxygens (including phenoxy) is 3. The second-order valence-corrected chi connectivity index (χ2v) is 16.4. The topological polar surface area (TPSA) is 176 Å². The molecule has 0 saturated carbocycles. The lowest BCUT2D eigenvalue weighted by Crippen LogP contribution is -2.52. The highest BCUT2D eigenvalue weighted by molar-refractivity contribution is 8.76. The van der Waals surface area contributed by atoms with Crippen LogP contribution in [-0.2, 0) is 32.9 Å². The zero-order valence-corrected chi connectivity index (χ0v) is 29.8. The Balaban J connectivity index is 1.24. The SMILES string of the molecule is Cc1cc(=O)c2c(O)c3c(cc2o1)O[C@@]1(C)CCSSCc2c(cc(C(C)C)nc2N)-c2cc(cc(N)n2)CC[C@H]2O[C@@]2(C)C(=O)O[C@@H]1C3. The molecule has 0 radical (unpaired) electrons. The van der Waals surface area contributed by atoms with Gasteiger partial charge >= 0.3 is 5.97 Å². The summed E-state index contributed by atoms with van der Waals surface area (Å²) in [4.78, 5) is 36.0. The zero-order chi connectivity index (χ0) is 34.8. The van der Waals surface area contributed by atoms with E-state index in [1.165, 1.54) is 6.07 Å². The summed E-state index contributed by atoms with van der Waals surface area (Å²) in [7, 11) is 3.28. The summed E-state index contributed by atoms with van der Waals surface area (Å²) in [5.41, 5.74) is 15.5. The van der Waals surface area contributed by atoms with Gasteiger partial charge in [0.05, 0.1) is 11.8 Å². The van der Waals surface area contributed by atoms with Crippen LogP contribution < -0.4 is 21.6 Å². The first kappa shape index (κ1) is 33.6. The smallest absolute Gasteiger partial charge is 0.341 e. The number of nitrogen functional groups attached to an aromatic ring is 2. The number of fused-ring (bicyclic) bond motifs is 8. The van der Waals surface area contributed by atoms with E-state index in [4.69, 9.17) is 40.1 Å². The molecule has 1 fully saturated rings. The zero-order valence-electron chi connectivity index (χ0n) is 28.1. The molecular weight excluding hydrogens is 665 g/mol. The van der Waals surface area contributed by atoms with Crippen LogP contribution in [0.1, 0.15) is 74.6 Å². The molecule has 3 aromatic heterocycles. The van der Waals surface area contributed by atoms with Gasteiger partial charge in [0.1, 0.15) is 51.6 Å². The van der Waals surface area contributed by atoms with Gasteiger partial charge in [-0.2, -0.15) is 0 Å². The van der Waals surface area contributed by atoms with Crippen LogP contribution in [0.3, 0.4) is 0 Å². The van der Waals surface area contributed by atoms with Crippen molar-refractivity contribution in [2.24, 2.45) is 0 Å². The highest BCUT2D eigenvalue weighted by Crippen LogP contribution is 2.47. The number of carbonyl (C=O) groups excluding carboxylic acids is 1. The molecule has 0 unspecified atom stereocenters. The summed E-state index contributed by atoms with van der Waals surface area (Å²) in [5.74, 6) is 2.35. The molecule has 5 N–H and O–H groups in total. The maximum Gasteiger partial charge on any atom is 0.341 e. The number of nitrogens with zero attached hydrogens (tertiary/aromatic N) is 2. The number of benzene rings is 1. The standard InChI is InChI=1S/C36H40N4O7S2/c1-17(2)23-13-20-22(33(38)40-23)16-49-48-9-8-35(4)29(14-21-26(46-35)15-27-31(32(21)42)25(41)10-18(3)44-27)45-34(43)36(5)28(47-36)7-6-19-11-24(20)39-30(37)12-19/h10-13,15,17,28-29,42H,6-9,14,16H2,1-5H3,(H2,37,39)(H2,38,40)/t28-,29-,35+,36-/m1/s1. The van der Waals surface area contributed by atoms with E-state index in [0.717, 1.165) is 28.1 Å². The van der Waals surface area contributed by atoms with Crippen LogP contribution in [0.15, 0.2) is 39.5 Å². The molecule has 3 aliphatic rings. The van der Waals surface area contributed by atoms with E-state index in [-0.39, 0.29) is 40.6 Å². The molecule has 0 aliphatic carbocycles. The van der Waals surface area contributed by atoms with Gasteiger partial charge < -0.3 is 35.2 Å². The minimum Gasteiger partial charge on any atom is -0.507 e. The second-order valence-electron chi connectivity index (χ2n) is 13.8. The molecular formula is C36H40N4O7S2. The van der Waals surface area contributed by atoms with E-state index in [0.29, 0.717) is 59.5 Å². The molecule has 4 aromatic rings. The predicted molar refractivity (Wildman–Crippen MR) is 192 cm³/mol. The Labute approximate surface area is 291 Å². The molecule has 13 heteroatoms. The number of hydrogen-bond donors (Lipinski definition) is 3. The predicted octanol–water partition coefficient (Wildman–Crippen LogP) is 6.23. The Morgan fingerprint density at radius 1 is 1.02 bits per heavy atom. The number of pyridine rings is 2. The third-order valence-corrected chi connectivity index (χ3v) is 12.1. The molecule has 2 bridgehead atoms. The lowest BCUT2D eigenvalue weighted by Gasteiger charge is -2.42. The minimum absolute atomic E-state index is 0.0713. The molecule has 0 amide bonds. The van der Waals surface area contributed by atoms with E-state index < -0.39 is 23.3 Å².